The van der Waals surface area contributed by atoms with Gasteiger partial charge in [-0.05, 0) is 0 Å². The summed E-state index contributed by atoms with van der Waals surface area (Å²) in [6, 6.07) is 8.23. The molecular weight excluding hydrogens is 383 g/mol. The van der Waals surface area contributed by atoms with E-state index < -0.39 is 12.3 Å². The zero-order valence-corrected chi connectivity index (χ0v) is 15.0. The Balaban J connectivity index is 1.69. The number of hydrogen-bond acceptors (Lipinski definition) is 9. The zero-order chi connectivity index (χ0) is 15.5. The Morgan fingerprint density at radius 2 is 1.86 bits per heavy atom. The summed E-state index contributed by atoms with van der Waals surface area (Å²) in [6.07, 6.45) is 0. The van der Waals surface area contributed by atoms with Gasteiger partial charge in [0.05, 0.1) is 0 Å². The number of nitrogens with zero attached hydrogens (tertiary/aromatic N) is 3. The number of nitrogen functional groups attached to an aromatic ring is 2. The standard InChI is InChI=1S/C12H15AsN6OS2/c14-10-17-11(15)19-12(18-10)16-8-3-1-7(2-4-8)13-21-6-9(5-20)22-13/h1-4,9,20H,5-6H2,(H5,14,15,16,17,18,19)/t9-,13?/m0/s1. The van der Waals surface area contributed by atoms with Crippen LogP contribution in [0.3, 0.4) is 0 Å². The molecule has 2 atom stereocenters. The number of nitrogens with two attached hydrogens (primary N) is 2. The van der Waals surface area contributed by atoms with E-state index in [0.29, 0.717) is 11.2 Å². The van der Waals surface area contributed by atoms with Gasteiger partial charge in [-0.25, -0.2) is 0 Å². The van der Waals surface area contributed by atoms with E-state index in [1.807, 2.05) is 32.2 Å². The summed E-state index contributed by atoms with van der Waals surface area (Å²) in [5.41, 5.74) is 12.0. The third-order valence-electron chi connectivity index (χ3n) is 2.83. The summed E-state index contributed by atoms with van der Waals surface area (Å²) >= 11 is -1.14. The van der Waals surface area contributed by atoms with E-state index in [0.717, 1.165) is 11.4 Å². The molecule has 1 unspecified atom stereocenters. The fourth-order valence-electron chi connectivity index (χ4n) is 1.83. The van der Waals surface area contributed by atoms with Crippen molar-refractivity contribution in [3.05, 3.63) is 24.3 Å². The van der Waals surface area contributed by atoms with E-state index in [9.17, 15) is 5.11 Å². The van der Waals surface area contributed by atoms with Crippen LogP contribution in [0.15, 0.2) is 24.3 Å². The summed E-state index contributed by atoms with van der Waals surface area (Å²) in [7, 11) is 3.95. The van der Waals surface area contributed by atoms with Gasteiger partial charge in [0.15, 0.2) is 0 Å². The fourth-order valence-corrected chi connectivity index (χ4v) is 17.2. The second kappa shape index (κ2) is 6.95. The van der Waals surface area contributed by atoms with Gasteiger partial charge in [-0.2, -0.15) is 0 Å². The van der Waals surface area contributed by atoms with E-state index >= 15 is 0 Å². The second-order valence-corrected chi connectivity index (χ2v) is 16.1. The molecule has 0 bridgehead atoms. The van der Waals surface area contributed by atoms with Crippen LogP contribution in [0.25, 0.3) is 0 Å². The van der Waals surface area contributed by atoms with Crippen LogP contribution in [0.4, 0.5) is 23.5 Å². The van der Waals surface area contributed by atoms with Crippen LogP contribution >= 0.6 is 20.0 Å². The quantitative estimate of drug-likeness (QED) is 0.539. The van der Waals surface area contributed by atoms with Crippen LogP contribution in [0.1, 0.15) is 0 Å². The van der Waals surface area contributed by atoms with Crippen LogP contribution in [0, 0.1) is 0 Å². The number of aliphatic hydroxyl groups excluding tert-OH is 1. The molecule has 7 nitrogen and oxygen atoms in total. The Kier molecular flexibility index (Phi) is 4.97. The van der Waals surface area contributed by atoms with Crippen molar-refractivity contribution in [3.63, 3.8) is 0 Å². The van der Waals surface area contributed by atoms with Crippen molar-refractivity contribution >= 4 is 60.3 Å². The van der Waals surface area contributed by atoms with Gasteiger partial charge < -0.3 is 0 Å². The molecule has 0 saturated carbocycles. The number of hydrogen-bond donors (Lipinski definition) is 4. The molecule has 1 saturated heterocycles. The molecule has 6 N–H and O–H groups in total. The summed E-state index contributed by atoms with van der Waals surface area (Å²) in [5.74, 6) is 1.56. The molecule has 2 aromatic rings. The number of benzene rings is 1. The summed E-state index contributed by atoms with van der Waals surface area (Å²) in [5, 5.41) is 12.7. The predicted molar refractivity (Wildman–Crippen MR) is 94.7 cm³/mol. The molecule has 0 radical (unpaired) electrons. The average molecular weight is 398 g/mol. The first kappa shape index (κ1) is 15.7. The molecule has 0 amide bonds. The zero-order valence-electron chi connectivity index (χ0n) is 11.5. The number of rotatable bonds is 4. The average Bonchev–Trinajstić information content (AvgIpc) is 2.96. The minimum atomic E-state index is -1.14. The van der Waals surface area contributed by atoms with E-state index in [2.05, 4.69) is 32.4 Å². The van der Waals surface area contributed by atoms with Gasteiger partial charge in [0.25, 0.3) is 0 Å². The van der Waals surface area contributed by atoms with Crippen molar-refractivity contribution in [2.45, 2.75) is 5.25 Å². The Bertz CT molecular complexity index is 638. The normalized spacial score (nSPS) is 21.0. The molecule has 22 heavy (non-hydrogen) atoms. The number of aliphatic hydroxyl groups is 1. The molecule has 0 spiro atoms. The number of anilines is 4. The van der Waals surface area contributed by atoms with Crippen LogP contribution in [-0.2, 0) is 0 Å². The van der Waals surface area contributed by atoms with Crippen LogP contribution in [0.2, 0.25) is 0 Å². The van der Waals surface area contributed by atoms with Crippen LogP contribution in [0.5, 0.6) is 0 Å². The van der Waals surface area contributed by atoms with E-state index in [1.54, 1.807) is 0 Å². The number of aromatic nitrogens is 3. The van der Waals surface area contributed by atoms with Gasteiger partial charge in [-0.15, -0.1) is 0 Å². The number of nitrogens with one attached hydrogen (secondary N) is 1. The van der Waals surface area contributed by atoms with Crippen molar-refractivity contribution in [1.82, 2.24) is 15.0 Å². The van der Waals surface area contributed by atoms with Gasteiger partial charge in [-0.3, -0.25) is 0 Å². The molecule has 1 fully saturated rings. The molecule has 1 aliphatic rings. The third-order valence-corrected chi connectivity index (χ3v) is 16.8. The molecule has 2 heterocycles. The molecule has 116 valence electrons. The predicted octanol–water partition coefficient (Wildman–Crippen LogP) is 0.316. The van der Waals surface area contributed by atoms with E-state index in [1.165, 1.54) is 4.35 Å². The topological polar surface area (TPSA) is 123 Å². The Hall–Kier alpha value is -1.15. The van der Waals surface area contributed by atoms with E-state index in [-0.39, 0.29) is 18.5 Å². The molecule has 10 heteroatoms. The van der Waals surface area contributed by atoms with Crippen molar-refractivity contribution < 1.29 is 5.11 Å². The Morgan fingerprint density at radius 1 is 1.18 bits per heavy atom. The van der Waals surface area contributed by atoms with E-state index in [4.69, 9.17) is 11.5 Å². The van der Waals surface area contributed by atoms with Gasteiger partial charge in [0, 0.05) is 0 Å². The monoisotopic (exact) mass is 398 g/mol. The maximum absolute atomic E-state index is 9.22. The van der Waals surface area contributed by atoms with Gasteiger partial charge in [0.2, 0.25) is 0 Å². The summed E-state index contributed by atoms with van der Waals surface area (Å²) in [6.45, 7) is 0.269. The fraction of sp³-hybridized carbons (Fsp3) is 0.250. The molecule has 1 aromatic heterocycles. The minimum absolute atomic E-state index is 0.0909. The third kappa shape index (κ3) is 3.78. The molecule has 3 rings (SSSR count). The molecule has 1 aliphatic heterocycles. The van der Waals surface area contributed by atoms with Crippen molar-refractivity contribution in [2.75, 3.05) is 29.1 Å². The molecule has 0 aliphatic carbocycles. The first-order chi connectivity index (χ1) is 10.6. The Labute approximate surface area is 138 Å². The second-order valence-electron chi connectivity index (χ2n) is 4.51. The first-order valence-electron chi connectivity index (χ1n) is 6.49. The Morgan fingerprint density at radius 3 is 2.45 bits per heavy atom. The van der Waals surface area contributed by atoms with Gasteiger partial charge in [0.1, 0.15) is 0 Å². The van der Waals surface area contributed by atoms with Crippen LogP contribution < -0.4 is 21.1 Å². The summed E-state index contributed by atoms with van der Waals surface area (Å²) < 4.78 is 1.37. The maximum atomic E-state index is 9.22. The molecular formula is C12H15AsN6OS2. The van der Waals surface area contributed by atoms with Gasteiger partial charge in [-0.1, -0.05) is 0 Å². The van der Waals surface area contributed by atoms with Crippen molar-refractivity contribution in [3.8, 4) is 0 Å². The first-order valence-corrected chi connectivity index (χ1v) is 13.8. The van der Waals surface area contributed by atoms with Gasteiger partial charge >= 0.3 is 139 Å². The SMILES string of the molecule is Nc1nc(N)nc(Nc2ccc([As]3SC[C@H](CO)S3)cc2)n1. The van der Waals surface area contributed by atoms with Crippen molar-refractivity contribution in [2.24, 2.45) is 0 Å². The van der Waals surface area contributed by atoms with Crippen molar-refractivity contribution in [1.29, 1.82) is 0 Å². The molecule has 1 aromatic carbocycles. The summed E-state index contributed by atoms with van der Waals surface area (Å²) in [4.78, 5) is 11.7. The van der Waals surface area contributed by atoms with Crippen LogP contribution in [-0.4, -0.2) is 50.0 Å².